The zero-order valence-electron chi connectivity index (χ0n) is 17.5. The molecule has 3 aromatic rings. The first-order valence-electron chi connectivity index (χ1n) is 10.5. The van der Waals surface area contributed by atoms with Gasteiger partial charge in [0.15, 0.2) is 0 Å². The quantitative estimate of drug-likeness (QED) is 0.606. The largest absolute Gasteiger partial charge is 0.379 e. The molecule has 0 atom stereocenters. The highest BCUT2D eigenvalue weighted by molar-refractivity contribution is 7.17. The summed E-state index contributed by atoms with van der Waals surface area (Å²) in [7, 11) is 0. The minimum atomic E-state index is 0.109. The topological polar surface area (TPSA) is 75.1 Å². The number of piperidine rings is 1. The molecule has 1 aliphatic heterocycles. The van der Waals surface area contributed by atoms with E-state index in [9.17, 15) is 4.79 Å². The van der Waals surface area contributed by atoms with Gasteiger partial charge in [-0.2, -0.15) is 0 Å². The molecule has 1 aromatic carbocycles. The lowest BCUT2D eigenvalue weighted by Crippen LogP contribution is -2.40. The number of aromatic nitrogens is 3. The van der Waals surface area contributed by atoms with Gasteiger partial charge in [0.25, 0.3) is 0 Å². The average molecular weight is 425 g/mol. The van der Waals surface area contributed by atoms with E-state index >= 15 is 0 Å². The van der Waals surface area contributed by atoms with E-state index in [1.807, 2.05) is 19.2 Å². The predicted molar refractivity (Wildman–Crippen MR) is 121 cm³/mol. The molecular formula is C22H28N6OS. The third-order valence-corrected chi connectivity index (χ3v) is 6.44. The lowest BCUT2D eigenvalue weighted by molar-refractivity contribution is -0.125. The molecule has 0 bridgehead atoms. The average Bonchev–Trinajstić information content (AvgIpc) is 3.43. The number of amides is 1. The highest BCUT2D eigenvalue weighted by Crippen LogP contribution is 2.28. The van der Waals surface area contributed by atoms with Crippen LogP contribution in [0.3, 0.4) is 0 Å². The van der Waals surface area contributed by atoms with Crippen molar-refractivity contribution >= 4 is 28.1 Å². The number of carbonyl (C=O) groups excluding carboxylic acids is 1. The second-order valence-corrected chi connectivity index (χ2v) is 8.55. The molecule has 0 unspecified atom stereocenters. The molecule has 2 N–H and O–H groups in total. The Morgan fingerprint density at radius 1 is 1.13 bits per heavy atom. The third-order valence-electron chi connectivity index (χ3n) is 5.46. The molecule has 3 heterocycles. The molecule has 8 heteroatoms. The molecule has 0 saturated carbocycles. The maximum atomic E-state index is 12.1. The summed E-state index contributed by atoms with van der Waals surface area (Å²) < 4.78 is 2.09. The zero-order valence-corrected chi connectivity index (χ0v) is 18.3. The van der Waals surface area contributed by atoms with E-state index in [1.54, 1.807) is 11.3 Å². The van der Waals surface area contributed by atoms with Gasteiger partial charge in [-0.1, -0.05) is 29.0 Å². The van der Waals surface area contributed by atoms with E-state index in [2.05, 4.69) is 67.6 Å². The van der Waals surface area contributed by atoms with Crippen LogP contribution in [-0.2, 0) is 11.3 Å². The normalized spacial score (nSPS) is 14.7. The minimum absolute atomic E-state index is 0.109. The minimum Gasteiger partial charge on any atom is -0.379 e. The van der Waals surface area contributed by atoms with Gasteiger partial charge in [-0.25, -0.2) is 0 Å². The maximum Gasteiger partial charge on any atom is 0.223 e. The number of rotatable bonds is 7. The first kappa shape index (κ1) is 20.4. The van der Waals surface area contributed by atoms with Crippen LogP contribution in [0.1, 0.15) is 31.0 Å². The van der Waals surface area contributed by atoms with Crippen molar-refractivity contribution in [3.05, 3.63) is 53.9 Å². The van der Waals surface area contributed by atoms with Gasteiger partial charge in [0.1, 0.15) is 0 Å². The molecule has 4 rings (SSSR count). The van der Waals surface area contributed by atoms with E-state index in [0.29, 0.717) is 13.1 Å². The van der Waals surface area contributed by atoms with Crippen molar-refractivity contribution in [3.8, 4) is 5.13 Å². The van der Waals surface area contributed by atoms with E-state index in [4.69, 9.17) is 0 Å². The summed E-state index contributed by atoms with van der Waals surface area (Å²) in [5.41, 5.74) is 3.48. The Balaban J connectivity index is 1.38. The summed E-state index contributed by atoms with van der Waals surface area (Å²) in [6, 6.07) is 12.5. The smallest absolute Gasteiger partial charge is 0.223 e. The fraction of sp³-hybridized carbons (Fsp3) is 0.409. The van der Waals surface area contributed by atoms with Crippen LogP contribution in [0, 0.1) is 12.8 Å². The van der Waals surface area contributed by atoms with Crippen molar-refractivity contribution < 1.29 is 4.79 Å². The zero-order chi connectivity index (χ0) is 20.9. The molecule has 1 fully saturated rings. The fourth-order valence-corrected chi connectivity index (χ4v) is 4.61. The van der Waals surface area contributed by atoms with Gasteiger partial charge in [0.05, 0.1) is 6.54 Å². The Morgan fingerprint density at radius 2 is 1.87 bits per heavy atom. The molecule has 0 spiro atoms. The Labute approximate surface area is 181 Å². The number of anilines is 2. The number of hydrogen-bond acceptors (Lipinski definition) is 6. The first-order chi connectivity index (χ1) is 14.6. The van der Waals surface area contributed by atoms with Gasteiger partial charge in [-0.15, -0.1) is 10.2 Å². The van der Waals surface area contributed by atoms with Crippen LogP contribution in [0.2, 0.25) is 0 Å². The van der Waals surface area contributed by atoms with Crippen LogP contribution in [-0.4, -0.2) is 40.3 Å². The summed E-state index contributed by atoms with van der Waals surface area (Å²) in [6.07, 6.45) is 3.74. The lowest BCUT2D eigenvalue weighted by atomic mass is 9.96. The van der Waals surface area contributed by atoms with Crippen LogP contribution in [0.5, 0.6) is 0 Å². The number of nitrogens with zero attached hydrogens (tertiary/aromatic N) is 4. The van der Waals surface area contributed by atoms with Crippen LogP contribution in [0.25, 0.3) is 5.13 Å². The van der Waals surface area contributed by atoms with Crippen molar-refractivity contribution in [2.45, 2.75) is 33.2 Å². The van der Waals surface area contributed by atoms with Crippen molar-refractivity contribution in [1.82, 2.24) is 20.1 Å². The molecule has 1 amide bonds. The summed E-state index contributed by atoms with van der Waals surface area (Å²) >= 11 is 1.59. The summed E-state index contributed by atoms with van der Waals surface area (Å²) in [5, 5.41) is 17.0. The number of benzene rings is 1. The van der Waals surface area contributed by atoms with Gasteiger partial charge >= 0.3 is 0 Å². The molecular weight excluding hydrogens is 396 g/mol. The van der Waals surface area contributed by atoms with Gasteiger partial charge in [-0.05, 0) is 51.0 Å². The second kappa shape index (κ2) is 9.30. The van der Waals surface area contributed by atoms with Crippen LogP contribution < -0.4 is 15.5 Å². The molecule has 1 aliphatic rings. The van der Waals surface area contributed by atoms with Crippen LogP contribution >= 0.6 is 11.3 Å². The van der Waals surface area contributed by atoms with Gasteiger partial charge < -0.3 is 15.5 Å². The monoisotopic (exact) mass is 424 g/mol. The Morgan fingerprint density at radius 3 is 2.60 bits per heavy atom. The van der Waals surface area contributed by atoms with E-state index in [1.165, 1.54) is 5.56 Å². The number of nitrogens with one attached hydrogen (secondary N) is 2. The van der Waals surface area contributed by atoms with Crippen molar-refractivity contribution in [3.63, 3.8) is 0 Å². The summed E-state index contributed by atoms with van der Waals surface area (Å²) in [6.45, 7) is 7.12. The predicted octanol–water partition coefficient (Wildman–Crippen LogP) is 3.60. The van der Waals surface area contributed by atoms with E-state index in [-0.39, 0.29) is 11.8 Å². The van der Waals surface area contributed by atoms with E-state index < -0.39 is 0 Å². The molecule has 1 saturated heterocycles. The molecule has 2 aromatic heterocycles. The number of carbonyl (C=O) groups is 1. The molecule has 0 aliphatic carbocycles. The third kappa shape index (κ3) is 4.64. The second-order valence-electron chi connectivity index (χ2n) is 7.61. The summed E-state index contributed by atoms with van der Waals surface area (Å²) in [5.74, 6) is 0.283. The maximum absolute atomic E-state index is 12.1. The number of aryl methyl sites for hydroxylation is 1. The Bertz CT molecular complexity index is 972. The first-order valence-corrected chi connectivity index (χ1v) is 11.3. The van der Waals surface area contributed by atoms with Gasteiger partial charge in [0, 0.05) is 43.1 Å². The SMILES string of the molecule is CCNC(=O)C1CCN(c2nnc(-n3cccc3CNc3ccc(C)cc3)s2)CC1. The highest BCUT2D eigenvalue weighted by atomic mass is 32.1. The highest BCUT2D eigenvalue weighted by Gasteiger charge is 2.26. The molecule has 30 heavy (non-hydrogen) atoms. The standard InChI is InChI=1S/C22H28N6OS/c1-3-23-20(29)17-10-13-27(14-11-17)21-25-26-22(30-21)28-12-4-5-19(28)15-24-18-8-6-16(2)7-9-18/h4-9,12,17,24H,3,10-11,13-15H2,1-2H3,(H,23,29). The lowest BCUT2D eigenvalue weighted by Gasteiger charge is -2.30. The van der Waals surface area contributed by atoms with Gasteiger partial charge in [-0.3, -0.25) is 9.36 Å². The van der Waals surface area contributed by atoms with Crippen molar-refractivity contribution in [1.29, 1.82) is 0 Å². The van der Waals surface area contributed by atoms with Crippen LogP contribution in [0.15, 0.2) is 42.6 Å². The van der Waals surface area contributed by atoms with Gasteiger partial charge in [0.2, 0.25) is 16.2 Å². The Hall–Kier alpha value is -2.87. The number of hydrogen-bond donors (Lipinski definition) is 2. The van der Waals surface area contributed by atoms with Crippen LogP contribution in [0.4, 0.5) is 10.8 Å². The summed E-state index contributed by atoms with van der Waals surface area (Å²) in [4.78, 5) is 14.3. The fourth-order valence-electron chi connectivity index (χ4n) is 3.70. The molecule has 0 radical (unpaired) electrons. The Kier molecular flexibility index (Phi) is 6.32. The van der Waals surface area contributed by atoms with Crippen molar-refractivity contribution in [2.24, 2.45) is 5.92 Å². The molecule has 7 nitrogen and oxygen atoms in total. The van der Waals surface area contributed by atoms with E-state index in [0.717, 1.165) is 47.6 Å². The molecule has 158 valence electrons. The van der Waals surface area contributed by atoms with Crippen molar-refractivity contribution in [2.75, 3.05) is 29.9 Å².